The van der Waals surface area contributed by atoms with Gasteiger partial charge in [-0.05, 0) is 30.0 Å². The zero-order chi connectivity index (χ0) is 17.2. The fraction of sp³-hybridized carbons (Fsp3) is 0.500. The number of benzene rings is 1. The van der Waals surface area contributed by atoms with Crippen molar-refractivity contribution in [3.63, 3.8) is 0 Å². The molecule has 0 spiro atoms. The molecule has 2 aromatic rings. The van der Waals surface area contributed by atoms with Gasteiger partial charge >= 0.3 is 0 Å². The Morgan fingerprint density at radius 3 is 2.75 bits per heavy atom. The second kappa shape index (κ2) is 7.07. The minimum absolute atomic E-state index is 0.0517. The fourth-order valence-electron chi connectivity index (χ4n) is 3.52. The molecular formula is C18H25N3O2S. The van der Waals surface area contributed by atoms with Crippen LogP contribution in [0.3, 0.4) is 0 Å². The van der Waals surface area contributed by atoms with E-state index >= 15 is 0 Å². The molecule has 24 heavy (non-hydrogen) atoms. The molecule has 0 saturated heterocycles. The number of aryl methyl sites for hydroxylation is 1. The quantitative estimate of drug-likeness (QED) is 0.903. The molecule has 0 bridgehead atoms. The first-order chi connectivity index (χ1) is 11.4. The van der Waals surface area contributed by atoms with Gasteiger partial charge in [-0.15, -0.1) is 0 Å². The maximum atomic E-state index is 12.0. The Hall–Kier alpha value is -1.66. The summed E-state index contributed by atoms with van der Waals surface area (Å²) >= 11 is 0. The standard InChI is InChI=1S/C18H25N3O2S/c1-21-13-16(12-20-21)15-7-5-6-14(10-15)11-19-17-8-3-4-9-18(17)24(2,22)23/h5-7,10,12-13,17-19H,3-4,8-9,11H2,1-2H3/t17-,18-/m0/s1. The summed E-state index contributed by atoms with van der Waals surface area (Å²) in [5.41, 5.74) is 3.38. The molecule has 1 fully saturated rings. The summed E-state index contributed by atoms with van der Waals surface area (Å²) in [7, 11) is -1.10. The van der Waals surface area contributed by atoms with Gasteiger partial charge in [-0.2, -0.15) is 5.10 Å². The van der Waals surface area contributed by atoms with E-state index in [9.17, 15) is 8.42 Å². The maximum Gasteiger partial charge on any atom is 0.151 e. The Morgan fingerprint density at radius 1 is 1.25 bits per heavy atom. The predicted octanol–water partition coefficient (Wildman–Crippen LogP) is 2.53. The summed E-state index contributed by atoms with van der Waals surface area (Å²) in [4.78, 5) is 0. The lowest BCUT2D eigenvalue weighted by Crippen LogP contribution is -2.45. The lowest BCUT2D eigenvalue weighted by molar-refractivity contribution is 0.370. The van der Waals surface area contributed by atoms with E-state index in [0.717, 1.165) is 42.4 Å². The van der Waals surface area contributed by atoms with Crippen LogP contribution in [0.1, 0.15) is 31.2 Å². The number of sulfone groups is 1. The van der Waals surface area contributed by atoms with Crippen LogP contribution in [0.4, 0.5) is 0 Å². The molecule has 0 radical (unpaired) electrons. The molecule has 2 atom stereocenters. The third-order valence-corrected chi connectivity index (χ3v) is 6.45. The van der Waals surface area contributed by atoms with Crippen molar-refractivity contribution in [2.45, 2.75) is 43.5 Å². The van der Waals surface area contributed by atoms with Gasteiger partial charge in [0.2, 0.25) is 0 Å². The zero-order valence-corrected chi connectivity index (χ0v) is 15.1. The van der Waals surface area contributed by atoms with Crippen molar-refractivity contribution in [3.8, 4) is 11.1 Å². The van der Waals surface area contributed by atoms with Crippen molar-refractivity contribution in [1.29, 1.82) is 0 Å². The minimum atomic E-state index is -3.00. The van der Waals surface area contributed by atoms with E-state index < -0.39 is 9.84 Å². The Bertz CT molecular complexity index is 798. The molecule has 1 saturated carbocycles. The molecule has 1 heterocycles. The van der Waals surface area contributed by atoms with E-state index in [1.54, 1.807) is 4.68 Å². The monoisotopic (exact) mass is 347 g/mol. The second-order valence-corrected chi connectivity index (χ2v) is 9.01. The molecule has 6 heteroatoms. The Morgan fingerprint density at radius 2 is 2.04 bits per heavy atom. The lowest BCUT2D eigenvalue weighted by Gasteiger charge is -2.31. The van der Waals surface area contributed by atoms with E-state index in [-0.39, 0.29) is 11.3 Å². The summed E-state index contributed by atoms with van der Waals surface area (Å²) < 4.78 is 25.8. The molecule has 1 aliphatic rings. The summed E-state index contributed by atoms with van der Waals surface area (Å²) in [6.45, 7) is 0.685. The van der Waals surface area contributed by atoms with Gasteiger partial charge < -0.3 is 5.32 Å². The average Bonchev–Trinajstić information content (AvgIpc) is 2.99. The highest BCUT2D eigenvalue weighted by Gasteiger charge is 2.32. The van der Waals surface area contributed by atoms with Gasteiger partial charge in [0.1, 0.15) is 0 Å². The number of aromatic nitrogens is 2. The molecule has 130 valence electrons. The first-order valence-electron chi connectivity index (χ1n) is 8.44. The molecule has 0 unspecified atom stereocenters. The molecule has 3 rings (SSSR count). The predicted molar refractivity (Wildman–Crippen MR) is 96.4 cm³/mol. The van der Waals surface area contributed by atoms with Crippen LogP contribution in [0.15, 0.2) is 36.7 Å². The Kier molecular flexibility index (Phi) is 5.06. The van der Waals surface area contributed by atoms with Crippen LogP contribution in [-0.2, 0) is 23.4 Å². The molecule has 1 aromatic carbocycles. The van der Waals surface area contributed by atoms with Gasteiger partial charge in [-0.3, -0.25) is 4.68 Å². The largest absolute Gasteiger partial charge is 0.309 e. The van der Waals surface area contributed by atoms with E-state index in [1.165, 1.54) is 6.26 Å². The van der Waals surface area contributed by atoms with Gasteiger partial charge in [0.05, 0.1) is 11.4 Å². The molecular weight excluding hydrogens is 322 g/mol. The topological polar surface area (TPSA) is 64.0 Å². The molecule has 1 N–H and O–H groups in total. The van der Waals surface area contributed by atoms with Gasteiger partial charge in [-0.25, -0.2) is 8.42 Å². The van der Waals surface area contributed by atoms with Crippen molar-refractivity contribution in [2.24, 2.45) is 7.05 Å². The third-order valence-electron chi connectivity index (χ3n) is 4.79. The van der Waals surface area contributed by atoms with Crippen molar-refractivity contribution < 1.29 is 8.42 Å². The van der Waals surface area contributed by atoms with Crippen molar-refractivity contribution in [1.82, 2.24) is 15.1 Å². The minimum Gasteiger partial charge on any atom is -0.309 e. The summed E-state index contributed by atoms with van der Waals surface area (Å²) in [6, 6.07) is 8.37. The van der Waals surface area contributed by atoms with E-state index in [1.807, 2.05) is 25.5 Å². The molecule has 0 aliphatic heterocycles. The average molecular weight is 347 g/mol. The van der Waals surface area contributed by atoms with Crippen molar-refractivity contribution in [3.05, 3.63) is 42.2 Å². The highest BCUT2D eigenvalue weighted by atomic mass is 32.2. The fourth-order valence-corrected chi connectivity index (χ4v) is 4.95. The summed E-state index contributed by atoms with van der Waals surface area (Å²) in [6.07, 6.45) is 9.01. The molecule has 1 aromatic heterocycles. The van der Waals surface area contributed by atoms with Gasteiger partial charge in [0, 0.05) is 37.7 Å². The maximum absolute atomic E-state index is 12.0. The van der Waals surface area contributed by atoms with Crippen LogP contribution >= 0.6 is 0 Å². The Labute approximate surface area is 144 Å². The third kappa shape index (κ3) is 4.05. The van der Waals surface area contributed by atoms with Crippen LogP contribution in [0.2, 0.25) is 0 Å². The summed E-state index contributed by atoms with van der Waals surface area (Å²) in [5, 5.41) is 7.44. The lowest BCUT2D eigenvalue weighted by atomic mass is 9.94. The van der Waals surface area contributed by atoms with Crippen LogP contribution in [0.25, 0.3) is 11.1 Å². The van der Waals surface area contributed by atoms with E-state index in [2.05, 4.69) is 28.6 Å². The van der Waals surface area contributed by atoms with Crippen LogP contribution in [-0.4, -0.2) is 35.7 Å². The zero-order valence-electron chi connectivity index (χ0n) is 14.3. The summed E-state index contributed by atoms with van der Waals surface area (Å²) in [5.74, 6) is 0. The number of hydrogen-bond acceptors (Lipinski definition) is 4. The molecule has 0 amide bonds. The van der Waals surface area contributed by atoms with Gasteiger partial charge in [0.15, 0.2) is 9.84 Å². The smallest absolute Gasteiger partial charge is 0.151 e. The van der Waals surface area contributed by atoms with Crippen molar-refractivity contribution >= 4 is 9.84 Å². The van der Waals surface area contributed by atoms with E-state index in [0.29, 0.717) is 6.54 Å². The highest BCUT2D eigenvalue weighted by molar-refractivity contribution is 7.91. The van der Waals surface area contributed by atoms with E-state index in [4.69, 9.17) is 0 Å². The number of hydrogen-bond donors (Lipinski definition) is 1. The normalized spacial score (nSPS) is 21.8. The SMILES string of the molecule is Cn1cc(-c2cccc(CN[C@H]3CCCC[C@@H]3S(C)(=O)=O)c2)cn1. The Balaban J connectivity index is 1.70. The first kappa shape index (κ1) is 17.2. The van der Waals surface area contributed by atoms with Crippen LogP contribution < -0.4 is 5.32 Å². The first-order valence-corrected chi connectivity index (χ1v) is 10.4. The van der Waals surface area contributed by atoms with Gasteiger partial charge in [0.25, 0.3) is 0 Å². The molecule has 5 nitrogen and oxygen atoms in total. The molecule has 1 aliphatic carbocycles. The van der Waals surface area contributed by atoms with Crippen molar-refractivity contribution in [2.75, 3.05) is 6.26 Å². The van der Waals surface area contributed by atoms with Crippen LogP contribution in [0.5, 0.6) is 0 Å². The number of rotatable bonds is 5. The van der Waals surface area contributed by atoms with Crippen LogP contribution in [0, 0.1) is 0 Å². The number of nitrogens with one attached hydrogen (secondary N) is 1. The second-order valence-electron chi connectivity index (χ2n) is 6.74. The number of nitrogens with zero attached hydrogens (tertiary/aromatic N) is 2. The highest BCUT2D eigenvalue weighted by Crippen LogP contribution is 2.25. The van der Waals surface area contributed by atoms with Gasteiger partial charge in [-0.1, -0.05) is 31.0 Å².